The van der Waals surface area contributed by atoms with Gasteiger partial charge in [-0.25, -0.2) is 4.39 Å². The predicted octanol–water partition coefficient (Wildman–Crippen LogP) is 2.67. The zero-order chi connectivity index (χ0) is 16.4. The zero-order valence-electron chi connectivity index (χ0n) is 13.4. The van der Waals surface area contributed by atoms with E-state index in [4.69, 9.17) is 9.31 Å². The SMILES string of the molecule is CC.CC1(C)OB(c2cc(F)c(O)c(C=O)c2)OC1(C)C. The maximum Gasteiger partial charge on any atom is 0.494 e. The highest BCUT2D eigenvalue weighted by molar-refractivity contribution is 6.62. The van der Waals surface area contributed by atoms with E-state index in [-0.39, 0.29) is 5.56 Å². The lowest BCUT2D eigenvalue weighted by Gasteiger charge is -2.32. The van der Waals surface area contributed by atoms with Crippen molar-refractivity contribution in [2.24, 2.45) is 0 Å². The van der Waals surface area contributed by atoms with Crippen LogP contribution in [0.25, 0.3) is 0 Å². The number of rotatable bonds is 2. The zero-order valence-corrected chi connectivity index (χ0v) is 13.4. The van der Waals surface area contributed by atoms with Crippen LogP contribution in [0.5, 0.6) is 5.75 Å². The summed E-state index contributed by atoms with van der Waals surface area (Å²) in [6, 6.07) is 2.48. The maximum atomic E-state index is 13.5. The second-order valence-corrected chi connectivity index (χ2v) is 5.65. The molecule has 0 amide bonds. The monoisotopic (exact) mass is 296 g/mol. The standard InChI is InChI=1S/C13H16BFO4.C2H6/c1-12(2)13(3,4)19-14(18-12)9-5-8(7-16)11(17)10(15)6-9;1-2/h5-7,17H,1-4H3;1-2H3. The lowest BCUT2D eigenvalue weighted by molar-refractivity contribution is 0.00578. The minimum absolute atomic E-state index is 0.121. The molecule has 2 rings (SSSR count). The van der Waals surface area contributed by atoms with Gasteiger partial charge in [-0.2, -0.15) is 0 Å². The first-order chi connectivity index (χ1) is 9.68. The fraction of sp³-hybridized carbons (Fsp3) is 0.533. The van der Waals surface area contributed by atoms with Gasteiger partial charge in [0.1, 0.15) is 0 Å². The van der Waals surface area contributed by atoms with Gasteiger partial charge in [-0.05, 0) is 45.3 Å². The summed E-state index contributed by atoms with van der Waals surface area (Å²) in [7, 11) is -0.765. The Hall–Kier alpha value is -1.40. The second-order valence-electron chi connectivity index (χ2n) is 5.65. The van der Waals surface area contributed by atoms with Crippen molar-refractivity contribution in [3.8, 4) is 5.75 Å². The molecule has 1 aromatic carbocycles. The first kappa shape index (κ1) is 17.7. The number of carbonyl (C=O) groups excluding carboxylic acids is 1. The van der Waals surface area contributed by atoms with Crippen molar-refractivity contribution in [2.75, 3.05) is 0 Å². The van der Waals surface area contributed by atoms with Crippen LogP contribution in [0.3, 0.4) is 0 Å². The Balaban J connectivity index is 0.00000106. The number of aromatic hydroxyl groups is 1. The number of hydrogen-bond donors (Lipinski definition) is 1. The number of carbonyl (C=O) groups is 1. The van der Waals surface area contributed by atoms with Gasteiger partial charge in [-0.3, -0.25) is 4.79 Å². The van der Waals surface area contributed by atoms with Gasteiger partial charge >= 0.3 is 7.12 Å². The molecule has 1 aromatic rings. The molecule has 0 atom stereocenters. The number of phenolic OH excluding ortho intramolecular Hbond substituents is 1. The summed E-state index contributed by atoms with van der Waals surface area (Å²) in [5, 5.41) is 9.38. The summed E-state index contributed by atoms with van der Waals surface area (Å²) < 4.78 is 25.1. The molecule has 0 aliphatic carbocycles. The third-order valence-electron chi connectivity index (χ3n) is 3.77. The van der Waals surface area contributed by atoms with Gasteiger partial charge in [0, 0.05) is 0 Å². The molecule has 1 heterocycles. The number of hydrogen-bond acceptors (Lipinski definition) is 4. The van der Waals surface area contributed by atoms with Crippen molar-refractivity contribution in [1.82, 2.24) is 0 Å². The summed E-state index contributed by atoms with van der Waals surface area (Å²) in [5.74, 6) is -1.52. The Kier molecular flexibility index (Phi) is 5.18. The summed E-state index contributed by atoms with van der Waals surface area (Å²) in [4.78, 5) is 10.8. The van der Waals surface area contributed by atoms with Crippen molar-refractivity contribution in [3.63, 3.8) is 0 Å². The van der Waals surface area contributed by atoms with E-state index in [1.807, 2.05) is 41.5 Å². The Labute approximate surface area is 125 Å². The minimum Gasteiger partial charge on any atom is -0.504 e. The molecule has 21 heavy (non-hydrogen) atoms. The van der Waals surface area contributed by atoms with Crippen LogP contribution >= 0.6 is 0 Å². The van der Waals surface area contributed by atoms with Crippen molar-refractivity contribution in [2.45, 2.75) is 52.7 Å². The average Bonchev–Trinajstić information content (AvgIpc) is 2.64. The predicted molar refractivity (Wildman–Crippen MR) is 80.5 cm³/mol. The van der Waals surface area contributed by atoms with Crippen molar-refractivity contribution in [3.05, 3.63) is 23.5 Å². The van der Waals surface area contributed by atoms with E-state index in [1.165, 1.54) is 6.07 Å². The van der Waals surface area contributed by atoms with E-state index >= 15 is 0 Å². The van der Waals surface area contributed by atoms with Gasteiger partial charge < -0.3 is 14.4 Å². The van der Waals surface area contributed by atoms with Gasteiger partial charge in [-0.1, -0.05) is 13.8 Å². The third kappa shape index (κ3) is 3.27. The molecule has 0 aromatic heterocycles. The summed E-state index contributed by atoms with van der Waals surface area (Å²) in [5.41, 5.74) is -0.846. The molecule has 0 radical (unpaired) electrons. The first-order valence-electron chi connectivity index (χ1n) is 7.01. The van der Waals surface area contributed by atoms with Gasteiger partial charge in [-0.15, -0.1) is 0 Å². The molecule has 0 spiro atoms. The molecule has 0 saturated carbocycles. The fourth-order valence-electron chi connectivity index (χ4n) is 1.85. The highest BCUT2D eigenvalue weighted by Crippen LogP contribution is 2.36. The molecule has 6 heteroatoms. The molecule has 1 N–H and O–H groups in total. The molecule has 1 saturated heterocycles. The van der Waals surface area contributed by atoms with Crippen LogP contribution in [0.15, 0.2) is 12.1 Å². The third-order valence-corrected chi connectivity index (χ3v) is 3.77. The normalized spacial score (nSPS) is 18.9. The topological polar surface area (TPSA) is 55.8 Å². The van der Waals surface area contributed by atoms with Gasteiger partial charge in [0.05, 0.1) is 16.8 Å². The van der Waals surface area contributed by atoms with E-state index in [9.17, 15) is 14.3 Å². The number of phenols is 1. The van der Waals surface area contributed by atoms with Crippen LogP contribution in [0.1, 0.15) is 51.9 Å². The Morgan fingerprint density at radius 1 is 1.14 bits per heavy atom. The van der Waals surface area contributed by atoms with Gasteiger partial charge in [0.25, 0.3) is 0 Å². The van der Waals surface area contributed by atoms with Crippen LogP contribution in [-0.2, 0) is 9.31 Å². The highest BCUT2D eigenvalue weighted by atomic mass is 19.1. The Morgan fingerprint density at radius 2 is 1.62 bits per heavy atom. The highest BCUT2D eigenvalue weighted by Gasteiger charge is 2.51. The second kappa shape index (κ2) is 6.16. The molecule has 1 fully saturated rings. The Morgan fingerprint density at radius 3 is 2.05 bits per heavy atom. The van der Waals surface area contributed by atoms with E-state index < -0.39 is 29.9 Å². The molecule has 1 aliphatic rings. The van der Waals surface area contributed by atoms with Crippen LogP contribution in [0.2, 0.25) is 0 Å². The van der Waals surface area contributed by atoms with Crippen LogP contribution in [0, 0.1) is 5.82 Å². The fourth-order valence-corrected chi connectivity index (χ4v) is 1.85. The molecule has 1 aliphatic heterocycles. The quantitative estimate of drug-likeness (QED) is 0.673. The van der Waals surface area contributed by atoms with E-state index in [1.54, 1.807) is 0 Å². The number of benzene rings is 1. The summed E-state index contributed by atoms with van der Waals surface area (Å²) in [6.07, 6.45) is 0.396. The van der Waals surface area contributed by atoms with Crippen molar-refractivity contribution in [1.29, 1.82) is 0 Å². The maximum absolute atomic E-state index is 13.5. The number of aldehydes is 1. The summed E-state index contributed by atoms with van der Waals surface area (Å²) in [6.45, 7) is 11.5. The molecule has 4 nitrogen and oxygen atoms in total. The molecular weight excluding hydrogens is 274 g/mol. The van der Waals surface area contributed by atoms with Crippen LogP contribution in [-0.4, -0.2) is 29.7 Å². The lowest BCUT2D eigenvalue weighted by Crippen LogP contribution is -2.41. The molecular formula is C15H22BFO4. The Bertz CT molecular complexity index is 513. The van der Waals surface area contributed by atoms with Gasteiger partial charge in [0.2, 0.25) is 0 Å². The van der Waals surface area contributed by atoms with Crippen molar-refractivity contribution >= 4 is 18.9 Å². The van der Waals surface area contributed by atoms with Crippen molar-refractivity contribution < 1.29 is 23.6 Å². The number of halogens is 1. The molecule has 0 unspecified atom stereocenters. The summed E-state index contributed by atoms with van der Waals surface area (Å²) >= 11 is 0. The molecule has 0 bridgehead atoms. The van der Waals surface area contributed by atoms with Crippen LogP contribution in [0.4, 0.5) is 4.39 Å². The first-order valence-corrected chi connectivity index (χ1v) is 7.01. The van der Waals surface area contributed by atoms with Gasteiger partial charge in [0.15, 0.2) is 17.9 Å². The van der Waals surface area contributed by atoms with E-state index in [0.29, 0.717) is 11.7 Å². The minimum atomic E-state index is -0.866. The smallest absolute Gasteiger partial charge is 0.494 e. The van der Waals surface area contributed by atoms with E-state index in [0.717, 1.165) is 6.07 Å². The van der Waals surface area contributed by atoms with E-state index in [2.05, 4.69) is 0 Å². The molecule has 116 valence electrons. The lowest BCUT2D eigenvalue weighted by atomic mass is 9.78. The largest absolute Gasteiger partial charge is 0.504 e. The van der Waals surface area contributed by atoms with Crippen LogP contribution < -0.4 is 5.46 Å². The average molecular weight is 296 g/mol.